The summed E-state index contributed by atoms with van der Waals surface area (Å²) >= 11 is 1.27. The third-order valence-corrected chi connectivity index (χ3v) is 5.01. The number of aliphatic imine (C=N–C) groups is 1. The fourth-order valence-electron chi connectivity index (χ4n) is 2.65. The molecule has 3 aromatic rings. The minimum Gasteiger partial charge on any atom is -0.459 e. The molecule has 0 radical (unpaired) electrons. The van der Waals surface area contributed by atoms with Gasteiger partial charge < -0.3 is 9.73 Å². The lowest BCUT2D eigenvalue weighted by molar-refractivity contribution is -0.384. The van der Waals surface area contributed by atoms with Crippen LogP contribution in [-0.2, 0) is 4.79 Å². The highest BCUT2D eigenvalue weighted by atomic mass is 32.2. The van der Waals surface area contributed by atoms with E-state index in [0.717, 1.165) is 5.69 Å². The zero-order valence-corrected chi connectivity index (χ0v) is 14.7. The van der Waals surface area contributed by atoms with Crippen LogP contribution in [0.1, 0.15) is 11.0 Å². The van der Waals surface area contributed by atoms with Crippen molar-refractivity contribution in [2.45, 2.75) is 5.25 Å². The third kappa shape index (κ3) is 3.61. The van der Waals surface area contributed by atoms with Crippen LogP contribution < -0.4 is 5.32 Å². The van der Waals surface area contributed by atoms with Crippen LogP contribution in [0.3, 0.4) is 0 Å². The number of rotatable bonds is 4. The van der Waals surface area contributed by atoms with Crippen LogP contribution in [0.2, 0.25) is 0 Å². The van der Waals surface area contributed by atoms with Crippen LogP contribution in [0.4, 0.5) is 11.4 Å². The van der Waals surface area contributed by atoms with Crippen LogP contribution in [0.25, 0.3) is 11.3 Å². The van der Waals surface area contributed by atoms with Gasteiger partial charge in [-0.2, -0.15) is 0 Å². The number of nitro groups is 1. The molecular formula is C19H13N3O4S. The molecule has 1 aliphatic heterocycles. The van der Waals surface area contributed by atoms with Gasteiger partial charge in [0.25, 0.3) is 5.69 Å². The SMILES string of the molecule is O=C1NC(=Nc2ccccc2)SC1c1ccc(-c2cccc([N+](=O)[O-])c2)o1. The molecule has 1 aromatic heterocycles. The minimum absolute atomic E-state index is 0.0179. The summed E-state index contributed by atoms with van der Waals surface area (Å²) in [5.74, 6) is 0.724. The number of amidine groups is 1. The second-order valence-corrected chi connectivity index (χ2v) is 6.84. The molecule has 4 rings (SSSR count). The molecule has 1 unspecified atom stereocenters. The molecule has 27 heavy (non-hydrogen) atoms. The molecule has 0 bridgehead atoms. The summed E-state index contributed by atoms with van der Waals surface area (Å²) in [5, 5.41) is 13.6. The number of nitrogens with zero attached hydrogens (tertiary/aromatic N) is 2. The Morgan fingerprint density at radius 1 is 1.07 bits per heavy atom. The Bertz CT molecular complexity index is 1050. The van der Waals surface area contributed by atoms with Crippen molar-refractivity contribution < 1.29 is 14.1 Å². The second-order valence-electron chi connectivity index (χ2n) is 5.75. The quantitative estimate of drug-likeness (QED) is 0.533. The molecule has 1 saturated heterocycles. The van der Waals surface area contributed by atoms with Gasteiger partial charge in [-0.05, 0) is 24.3 Å². The van der Waals surface area contributed by atoms with E-state index >= 15 is 0 Å². The molecule has 7 nitrogen and oxygen atoms in total. The number of nitro benzene ring substituents is 1. The highest BCUT2D eigenvalue weighted by Crippen LogP contribution is 2.38. The normalized spacial score (nSPS) is 17.9. The summed E-state index contributed by atoms with van der Waals surface area (Å²) in [5.41, 5.74) is 1.31. The number of thioether (sulfide) groups is 1. The van der Waals surface area contributed by atoms with Crippen LogP contribution in [-0.4, -0.2) is 16.0 Å². The van der Waals surface area contributed by atoms with Gasteiger partial charge in [-0.3, -0.25) is 14.9 Å². The van der Waals surface area contributed by atoms with E-state index in [1.54, 1.807) is 24.3 Å². The fourth-order valence-corrected chi connectivity index (χ4v) is 3.60. The van der Waals surface area contributed by atoms with Crippen molar-refractivity contribution in [3.8, 4) is 11.3 Å². The maximum absolute atomic E-state index is 12.3. The molecule has 2 heterocycles. The third-order valence-electron chi connectivity index (χ3n) is 3.91. The Hall–Kier alpha value is -3.39. The van der Waals surface area contributed by atoms with E-state index in [1.165, 1.54) is 23.9 Å². The Kier molecular flexibility index (Phi) is 4.47. The molecule has 1 aliphatic rings. The first-order chi connectivity index (χ1) is 13.1. The van der Waals surface area contributed by atoms with E-state index in [4.69, 9.17) is 4.42 Å². The standard InChI is InChI=1S/C19H13N3O4S/c23-18-17(27-19(21-18)20-13-6-2-1-3-7-13)16-10-9-15(26-16)12-5-4-8-14(11-12)22(24)25/h1-11,17H,(H,20,21,23). The van der Waals surface area contributed by atoms with E-state index in [-0.39, 0.29) is 11.6 Å². The van der Waals surface area contributed by atoms with Gasteiger partial charge in [0.15, 0.2) is 5.17 Å². The van der Waals surface area contributed by atoms with E-state index in [9.17, 15) is 14.9 Å². The number of para-hydroxylation sites is 1. The predicted octanol–water partition coefficient (Wildman–Crippen LogP) is 4.45. The van der Waals surface area contributed by atoms with Gasteiger partial charge in [-0.1, -0.05) is 42.1 Å². The molecule has 1 amide bonds. The minimum atomic E-state index is -0.556. The number of benzene rings is 2. The van der Waals surface area contributed by atoms with E-state index in [0.29, 0.717) is 22.3 Å². The molecular weight excluding hydrogens is 366 g/mol. The maximum atomic E-state index is 12.3. The van der Waals surface area contributed by atoms with Crippen molar-refractivity contribution in [1.82, 2.24) is 5.32 Å². The van der Waals surface area contributed by atoms with Crippen LogP contribution in [0, 0.1) is 10.1 Å². The Morgan fingerprint density at radius 3 is 2.67 bits per heavy atom. The number of furan rings is 1. The van der Waals surface area contributed by atoms with E-state index < -0.39 is 10.2 Å². The number of hydrogen-bond acceptors (Lipinski definition) is 6. The summed E-state index contributed by atoms with van der Waals surface area (Å²) in [7, 11) is 0. The van der Waals surface area contributed by atoms with Crippen LogP contribution in [0.5, 0.6) is 0 Å². The lowest BCUT2D eigenvalue weighted by Crippen LogP contribution is -2.21. The van der Waals surface area contributed by atoms with Crippen molar-refractivity contribution in [3.05, 3.63) is 82.6 Å². The molecule has 1 fully saturated rings. The predicted molar refractivity (Wildman–Crippen MR) is 103 cm³/mol. The van der Waals surface area contributed by atoms with Crippen molar-refractivity contribution in [1.29, 1.82) is 0 Å². The van der Waals surface area contributed by atoms with Gasteiger partial charge in [0.05, 0.1) is 10.6 Å². The van der Waals surface area contributed by atoms with Gasteiger partial charge in [-0.25, -0.2) is 4.99 Å². The molecule has 134 valence electrons. The van der Waals surface area contributed by atoms with Gasteiger partial charge in [0.2, 0.25) is 5.91 Å². The number of carbonyl (C=O) groups is 1. The van der Waals surface area contributed by atoms with Crippen molar-refractivity contribution in [3.63, 3.8) is 0 Å². The van der Waals surface area contributed by atoms with Crippen LogP contribution in [0.15, 0.2) is 76.1 Å². The van der Waals surface area contributed by atoms with E-state index in [1.807, 2.05) is 30.3 Å². The topological polar surface area (TPSA) is 97.7 Å². The van der Waals surface area contributed by atoms with Gasteiger partial charge in [0, 0.05) is 17.7 Å². The lowest BCUT2D eigenvalue weighted by atomic mass is 10.1. The van der Waals surface area contributed by atoms with Gasteiger partial charge in [0.1, 0.15) is 16.8 Å². The highest BCUT2D eigenvalue weighted by molar-refractivity contribution is 8.15. The highest BCUT2D eigenvalue weighted by Gasteiger charge is 2.34. The first kappa shape index (κ1) is 17.0. The molecule has 0 aliphatic carbocycles. The van der Waals surface area contributed by atoms with Crippen molar-refractivity contribution in [2.24, 2.45) is 4.99 Å². The van der Waals surface area contributed by atoms with Crippen LogP contribution >= 0.6 is 11.8 Å². The second kappa shape index (κ2) is 7.08. The maximum Gasteiger partial charge on any atom is 0.270 e. The van der Waals surface area contributed by atoms with Gasteiger partial charge in [-0.15, -0.1) is 0 Å². The fraction of sp³-hybridized carbons (Fsp3) is 0.0526. The summed E-state index contributed by atoms with van der Waals surface area (Å²) in [4.78, 5) is 27.2. The number of nitrogens with one attached hydrogen (secondary N) is 1. The average Bonchev–Trinajstić information content (AvgIpc) is 3.29. The van der Waals surface area contributed by atoms with E-state index in [2.05, 4.69) is 10.3 Å². The number of non-ortho nitro benzene ring substituents is 1. The average molecular weight is 379 g/mol. The molecule has 8 heteroatoms. The molecule has 0 saturated carbocycles. The summed E-state index contributed by atoms with van der Waals surface area (Å²) in [6.07, 6.45) is 0. The number of hydrogen-bond donors (Lipinski definition) is 1. The zero-order valence-electron chi connectivity index (χ0n) is 13.9. The summed E-state index contributed by atoms with van der Waals surface area (Å²) in [6, 6.07) is 18.9. The summed E-state index contributed by atoms with van der Waals surface area (Å²) in [6.45, 7) is 0. The molecule has 1 N–H and O–H groups in total. The molecule has 2 aromatic carbocycles. The van der Waals surface area contributed by atoms with Crippen molar-refractivity contribution in [2.75, 3.05) is 0 Å². The number of carbonyl (C=O) groups excluding carboxylic acids is 1. The largest absolute Gasteiger partial charge is 0.459 e. The lowest BCUT2D eigenvalue weighted by Gasteiger charge is -2.01. The Balaban J connectivity index is 1.57. The first-order valence-electron chi connectivity index (χ1n) is 8.06. The first-order valence-corrected chi connectivity index (χ1v) is 8.94. The summed E-state index contributed by atoms with van der Waals surface area (Å²) < 4.78 is 5.80. The van der Waals surface area contributed by atoms with Gasteiger partial charge >= 0.3 is 0 Å². The Morgan fingerprint density at radius 2 is 1.89 bits per heavy atom. The van der Waals surface area contributed by atoms with Crippen molar-refractivity contribution >= 4 is 34.2 Å². The molecule has 0 spiro atoms. The number of amides is 1. The monoisotopic (exact) mass is 379 g/mol. The Labute approximate surface area is 158 Å². The smallest absolute Gasteiger partial charge is 0.270 e. The molecule has 1 atom stereocenters. The zero-order chi connectivity index (χ0) is 18.8.